The van der Waals surface area contributed by atoms with E-state index in [2.05, 4.69) is 26.2 Å². The summed E-state index contributed by atoms with van der Waals surface area (Å²) in [6.07, 6.45) is 3.88. The Morgan fingerprint density at radius 2 is 2.00 bits per heavy atom. The molecule has 3 heterocycles. The first kappa shape index (κ1) is 27.7. The summed E-state index contributed by atoms with van der Waals surface area (Å²) in [5, 5.41) is 6.53. The Kier molecular flexibility index (Phi) is 7.60. The number of ether oxygens (including phenoxy) is 1. The maximum absolute atomic E-state index is 13.2. The average Bonchev–Trinajstić information content (AvgIpc) is 3.59. The average molecular weight is 573 g/mol. The van der Waals surface area contributed by atoms with Gasteiger partial charge in [0, 0.05) is 42.7 Å². The fourth-order valence-corrected chi connectivity index (χ4v) is 6.38. The third-order valence-corrected chi connectivity index (χ3v) is 8.48. The third kappa shape index (κ3) is 5.56. The number of fused-ring (bicyclic) bond motifs is 1. The van der Waals surface area contributed by atoms with Crippen molar-refractivity contribution < 1.29 is 26.7 Å². The summed E-state index contributed by atoms with van der Waals surface area (Å²) in [6, 6.07) is 5.50. The number of aromatic nitrogens is 3. The Labute approximate surface area is 231 Å². The second kappa shape index (κ2) is 11.0. The zero-order chi connectivity index (χ0) is 28.6. The molecule has 0 radical (unpaired) electrons. The maximum Gasteiger partial charge on any atom is 0.333 e. The Balaban J connectivity index is 1.40. The van der Waals surface area contributed by atoms with Crippen molar-refractivity contribution in [2.45, 2.75) is 43.7 Å². The first-order valence-corrected chi connectivity index (χ1v) is 14.3. The zero-order valence-corrected chi connectivity index (χ0v) is 23.2. The van der Waals surface area contributed by atoms with E-state index in [-0.39, 0.29) is 23.6 Å². The molecular weight excluding hydrogens is 542 g/mol. The molecule has 13 heteroatoms. The normalized spacial score (nSPS) is 17.4. The number of amides is 2. The van der Waals surface area contributed by atoms with Crippen molar-refractivity contribution in [3.63, 3.8) is 0 Å². The SMILES string of the molecule is COc1cc(-c2c(C)cc3c(c2NC(=O)NS(=O)(=O)c2ccn(C4CC(=C(F)F)CN(C)C4)n2)CCC3)ccn1. The number of aryl methyl sites for hydroxylation is 2. The first-order chi connectivity index (χ1) is 19.1. The molecule has 2 N–H and O–H groups in total. The van der Waals surface area contributed by atoms with Crippen LogP contribution in [-0.4, -0.2) is 61.4 Å². The van der Waals surface area contributed by atoms with Crippen LogP contribution in [-0.2, 0) is 22.9 Å². The molecule has 10 nitrogen and oxygen atoms in total. The number of hydrogen-bond donors (Lipinski definition) is 2. The molecule has 1 aliphatic heterocycles. The fourth-order valence-electron chi connectivity index (χ4n) is 5.54. The second-order valence-corrected chi connectivity index (χ2v) is 11.8. The number of likely N-dealkylation sites (tertiary alicyclic amines) is 1. The van der Waals surface area contributed by atoms with Crippen LogP contribution in [0.4, 0.5) is 19.3 Å². The van der Waals surface area contributed by atoms with Gasteiger partial charge in [0.25, 0.3) is 16.1 Å². The molecule has 2 aliphatic rings. The number of methoxy groups -OCH3 is 1. The minimum atomic E-state index is -4.35. The minimum Gasteiger partial charge on any atom is -0.481 e. The van der Waals surface area contributed by atoms with Gasteiger partial charge < -0.3 is 15.0 Å². The van der Waals surface area contributed by atoms with Gasteiger partial charge in [-0.05, 0) is 74.0 Å². The summed E-state index contributed by atoms with van der Waals surface area (Å²) in [6.45, 7) is 2.50. The van der Waals surface area contributed by atoms with Crippen LogP contribution in [0.1, 0.15) is 35.6 Å². The van der Waals surface area contributed by atoms with Crippen LogP contribution in [0.5, 0.6) is 5.88 Å². The standard InChI is InChI=1S/C27H30F2N6O4S/c1-16-11-17-5-4-6-21(17)25(24(16)18-7-9-30-22(13-18)39-3)31-27(36)33-40(37,38)23-8-10-35(32-23)20-12-19(26(28)29)14-34(2)15-20/h7-11,13,20H,4-6,12,14-15H2,1-3H3,(H2,31,33,36). The van der Waals surface area contributed by atoms with Gasteiger partial charge in [0.1, 0.15) is 0 Å². The van der Waals surface area contributed by atoms with Gasteiger partial charge in [-0.15, -0.1) is 0 Å². The summed E-state index contributed by atoms with van der Waals surface area (Å²) in [5.41, 5.74) is 5.03. The lowest BCUT2D eigenvalue weighted by atomic mass is 9.93. The highest BCUT2D eigenvalue weighted by Crippen LogP contribution is 2.40. The van der Waals surface area contributed by atoms with Crippen molar-refractivity contribution in [2.75, 3.05) is 32.6 Å². The molecule has 0 saturated carbocycles. The number of likely N-dealkylation sites (N-methyl/N-ethyl adjacent to an activating group) is 1. The predicted octanol–water partition coefficient (Wildman–Crippen LogP) is 4.29. The Hall–Kier alpha value is -3.84. The molecule has 3 aromatic rings. The number of piperidine rings is 1. The van der Waals surface area contributed by atoms with E-state index in [1.807, 2.05) is 6.92 Å². The number of hydrogen-bond acceptors (Lipinski definition) is 7. The van der Waals surface area contributed by atoms with Crippen LogP contribution in [0.3, 0.4) is 0 Å². The van der Waals surface area contributed by atoms with Gasteiger partial charge in [-0.1, -0.05) is 6.07 Å². The predicted molar refractivity (Wildman–Crippen MR) is 145 cm³/mol. The van der Waals surface area contributed by atoms with E-state index in [0.29, 0.717) is 18.1 Å². The Morgan fingerprint density at radius 3 is 2.75 bits per heavy atom. The number of sulfonamides is 1. The van der Waals surface area contributed by atoms with Crippen molar-refractivity contribution in [3.8, 4) is 17.0 Å². The van der Waals surface area contributed by atoms with Gasteiger partial charge in [-0.2, -0.15) is 22.3 Å². The van der Waals surface area contributed by atoms with E-state index in [1.165, 1.54) is 24.1 Å². The van der Waals surface area contributed by atoms with Crippen molar-refractivity contribution in [1.29, 1.82) is 0 Å². The quantitative estimate of drug-likeness (QED) is 0.453. The maximum atomic E-state index is 13.2. The molecule has 0 spiro atoms. The topological polar surface area (TPSA) is 118 Å². The number of rotatable bonds is 6. The smallest absolute Gasteiger partial charge is 0.333 e. The largest absolute Gasteiger partial charge is 0.481 e. The van der Waals surface area contributed by atoms with Crippen LogP contribution < -0.4 is 14.8 Å². The molecule has 1 unspecified atom stereocenters. The third-order valence-electron chi connectivity index (χ3n) is 7.26. The fraction of sp³-hybridized carbons (Fsp3) is 0.370. The summed E-state index contributed by atoms with van der Waals surface area (Å²) in [4.78, 5) is 19.0. The van der Waals surface area contributed by atoms with Crippen LogP contribution in [0, 0.1) is 6.92 Å². The van der Waals surface area contributed by atoms with Gasteiger partial charge in [-0.25, -0.2) is 14.5 Å². The summed E-state index contributed by atoms with van der Waals surface area (Å²) >= 11 is 0. The van der Waals surface area contributed by atoms with Crippen molar-refractivity contribution in [1.82, 2.24) is 24.4 Å². The van der Waals surface area contributed by atoms with Gasteiger partial charge in [0.15, 0.2) is 5.03 Å². The lowest BCUT2D eigenvalue weighted by molar-refractivity contribution is 0.229. The molecule has 40 heavy (non-hydrogen) atoms. The number of anilines is 1. The molecule has 1 aliphatic carbocycles. The Bertz CT molecular complexity index is 1600. The van der Waals surface area contributed by atoms with Gasteiger partial charge >= 0.3 is 6.03 Å². The molecule has 1 fully saturated rings. The van der Waals surface area contributed by atoms with E-state index in [9.17, 15) is 22.0 Å². The molecular formula is C27H30F2N6O4S. The van der Waals surface area contributed by atoms with Crippen molar-refractivity contribution >= 4 is 21.7 Å². The molecule has 1 saturated heterocycles. The number of urea groups is 1. The molecule has 1 atom stereocenters. The summed E-state index contributed by atoms with van der Waals surface area (Å²) in [5.74, 6) is 0.409. The van der Waals surface area contributed by atoms with Crippen LogP contribution in [0.25, 0.3) is 11.1 Å². The van der Waals surface area contributed by atoms with Crippen LogP contribution in [0.2, 0.25) is 0 Å². The van der Waals surface area contributed by atoms with Crippen molar-refractivity contribution in [3.05, 3.63) is 65.0 Å². The van der Waals surface area contributed by atoms with Gasteiger partial charge in [0.05, 0.1) is 18.8 Å². The monoisotopic (exact) mass is 572 g/mol. The number of nitrogens with one attached hydrogen (secondary N) is 2. The lowest BCUT2D eigenvalue weighted by Crippen LogP contribution is -2.36. The molecule has 2 amide bonds. The number of halogens is 2. The number of nitrogens with zero attached hydrogens (tertiary/aromatic N) is 4. The minimum absolute atomic E-state index is 0.00975. The number of carbonyl (C=O) groups is 1. The van der Waals surface area contributed by atoms with E-state index in [4.69, 9.17) is 4.74 Å². The highest BCUT2D eigenvalue weighted by atomic mass is 32.2. The van der Waals surface area contributed by atoms with Gasteiger partial charge in [0.2, 0.25) is 5.88 Å². The number of benzene rings is 1. The van der Waals surface area contributed by atoms with E-state index < -0.39 is 28.2 Å². The highest BCUT2D eigenvalue weighted by molar-refractivity contribution is 7.90. The van der Waals surface area contributed by atoms with E-state index in [0.717, 1.165) is 47.1 Å². The van der Waals surface area contributed by atoms with Crippen molar-refractivity contribution in [2.24, 2.45) is 0 Å². The zero-order valence-electron chi connectivity index (χ0n) is 22.4. The molecule has 0 bridgehead atoms. The lowest BCUT2D eigenvalue weighted by Gasteiger charge is -2.31. The second-order valence-electron chi connectivity index (χ2n) is 10.1. The number of carbonyl (C=O) groups excluding carboxylic acids is 1. The summed E-state index contributed by atoms with van der Waals surface area (Å²) < 4.78 is 61.4. The first-order valence-electron chi connectivity index (χ1n) is 12.8. The Morgan fingerprint density at radius 1 is 1.20 bits per heavy atom. The molecule has 5 rings (SSSR count). The molecule has 212 valence electrons. The highest BCUT2D eigenvalue weighted by Gasteiger charge is 2.29. The van der Waals surface area contributed by atoms with Crippen LogP contribution in [0.15, 0.2) is 53.3 Å². The van der Waals surface area contributed by atoms with Gasteiger partial charge in [-0.3, -0.25) is 4.68 Å². The molecule has 2 aromatic heterocycles. The van der Waals surface area contributed by atoms with E-state index in [1.54, 1.807) is 30.3 Å². The van der Waals surface area contributed by atoms with E-state index >= 15 is 0 Å². The van der Waals surface area contributed by atoms with Crippen LogP contribution >= 0.6 is 0 Å². The molecule has 1 aromatic carbocycles. The summed E-state index contributed by atoms with van der Waals surface area (Å²) in [7, 11) is -1.13. The number of pyridine rings is 1.